The van der Waals surface area contributed by atoms with E-state index in [1.165, 1.54) is 9.80 Å². The predicted molar refractivity (Wildman–Crippen MR) is 97.1 cm³/mol. The largest absolute Gasteiger partial charge is 0.396 e. The molecular weight excluding hydrogens is 358 g/mol. The van der Waals surface area contributed by atoms with Crippen molar-refractivity contribution in [2.75, 3.05) is 38.2 Å². The van der Waals surface area contributed by atoms with Crippen LogP contribution in [0.15, 0.2) is 29.3 Å². The van der Waals surface area contributed by atoms with E-state index in [2.05, 4.69) is 0 Å². The van der Waals surface area contributed by atoms with Gasteiger partial charge in [0.05, 0.1) is 0 Å². The van der Waals surface area contributed by atoms with Gasteiger partial charge in [-0.1, -0.05) is 11.6 Å². The Kier molecular flexibility index (Phi) is 4.24. The first-order valence-electron chi connectivity index (χ1n) is 8.59. The minimum Gasteiger partial charge on any atom is -0.396 e. The molecular formula is C17H20ClN5O3. The number of hydrogen-bond acceptors (Lipinski definition) is 6. The number of likely N-dealkylation sites (N-methyl/N-ethyl adjacent to an activating group) is 1. The van der Waals surface area contributed by atoms with Crippen molar-refractivity contribution in [1.29, 1.82) is 0 Å². The summed E-state index contributed by atoms with van der Waals surface area (Å²) in [5.41, 5.74) is 0.952. The van der Waals surface area contributed by atoms with Gasteiger partial charge in [0.1, 0.15) is 0 Å². The van der Waals surface area contributed by atoms with Gasteiger partial charge in [-0.3, -0.25) is 9.69 Å². The van der Waals surface area contributed by atoms with Crippen molar-refractivity contribution < 1.29 is 14.7 Å². The van der Waals surface area contributed by atoms with Crippen LogP contribution in [0.2, 0.25) is 5.02 Å². The molecule has 1 N–H and O–H groups in total. The van der Waals surface area contributed by atoms with Crippen LogP contribution in [0.5, 0.6) is 0 Å². The van der Waals surface area contributed by atoms with Crippen LogP contribution >= 0.6 is 11.6 Å². The van der Waals surface area contributed by atoms with Crippen LogP contribution in [-0.4, -0.2) is 83.2 Å². The standard InChI is InChI=1S/C17H20ClN5O3/c1-20-14-13(15(25)23(17(20)26)7-2-10-24)22-9-8-21(16(22)19-14)12-5-3-11(18)4-6-12/h3-6,13-14,24H,2,7-10H2,1H3. The Labute approximate surface area is 156 Å². The highest BCUT2D eigenvalue weighted by Gasteiger charge is 2.54. The summed E-state index contributed by atoms with van der Waals surface area (Å²) in [5.74, 6) is 0.461. The summed E-state index contributed by atoms with van der Waals surface area (Å²) in [5, 5.41) is 9.70. The molecule has 0 radical (unpaired) electrons. The van der Waals surface area contributed by atoms with E-state index in [4.69, 9.17) is 21.7 Å². The molecule has 2 unspecified atom stereocenters. The number of carbonyl (C=O) groups is 2. The molecule has 0 bridgehead atoms. The lowest BCUT2D eigenvalue weighted by Gasteiger charge is -2.40. The first kappa shape index (κ1) is 17.1. The third kappa shape index (κ3) is 2.52. The molecule has 9 heteroatoms. The third-order valence-corrected chi connectivity index (χ3v) is 5.31. The third-order valence-electron chi connectivity index (χ3n) is 5.06. The zero-order valence-corrected chi connectivity index (χ0v) is 15.1. The summed E-state index contributed by atoms with van der Waals surface area (Å²) in [6.45, 7) is 1.52. The summed E-state index contributed by atoms with van der Waals surface area (Å²) < 4.78 is 0. The number of benzene rings is 1. The van der Waals surface area contributed by atoms with E-state index in [1.807, 2.05) is 34.1 Å². The maximum Gasteiger partial charge on any atom is 0.328 e. The van der Waals surface area contributed by atoms with Crippen LogP contribution in [-0.2, 0) is 4.79 Å². The number of anilines is 1. The molecule has 0 spiro atoms. The van der Waals surface area contributed by atoms with Crippen LogP contribution in [0.25, 0.3) is 0 Å². The summed E-state index contributed by atoms with van der Waals surface area (Å²) in [6.07, 6.45) is -0.154. The lowest BCUT2D eigenvalue weighted by atomic mass is 10.1. The number of carbonyl (C=O) groups excluding carboxylic acids is 2. The van der Waals surface area contributed by atoms with E-state index in [0.717, 1.165) is 5.69 Å². The quantitative estimate of drug-likeness (QED) is 0.839. The Morgan fingerprint density at radius 1 is 1.23 bits per heavy atom. The topological polar surface area (TPSA) is 79.7 Å². The number of halogens is 1. The Balaban J connectivity index is 1.63. The molecule has 0 saturated carbocycles. The molecule has 1 aromatic rings. The number of fused-ring (bicyclic) bond motifs is 3. The molecule has 3 amide bonds. The van der Waals surface area contributed by atoms with Gasteiger partial charge in [-0.25, -0.2) is 9.79 Å². The number of imide groups is 1. The second-order valence-electron chi connectivity index (χ2n) is 6.57. The van der Waals surface area contributed by atoms with Gasteiger partial charge in [-0.2, -0.15) is 0 Å². The van der Waals surface area contributed by atoms with Crippen LogP contribution < -0.4 is 4.90 Å². The van der Waals surface area contributed by atoms with Crippen molar-refractivity contribution in [3.05, 3.63) is 29.3 Å². The number of aliphatic hydroxyl groups excluding tert-OH is 1. The molecule has 1 aromatic carbocycles. The van der Waals surface area contributed by atoms with Crippen molar-refractivity contribution >= 4 is 35.2 Å². The van der Waals surface area contributed by atoms with Crippen molar-refractivity contribution in [2.45, 2.75) is 18.6 Å². The molecule has 2 atom stereocenters. The van der Waals surface area contributed by atoms with Gasteiger partial charge in [-0.05, 0) is 30.7 Å². The first-order chi connectivity index (χ1) is 12.5. The fourth-order valence-electron chi connectivity index (χ4n) is 3.74. The predicted octanol–water partition coefficient (Wildman–Crippen LogP) is 0.803. The summed E-state index contributed by atoms with van der Waals surface area (Å²) in [6, 6.07) is 6.59. The van der Waals surface area contributed by atoms with E-state index in [-0.39, 0.29) is 25.1 Å². The second kappa shape index (κ2) is 6.44. The van der Waals surface area contributed by atoms with Gasteiger partial charge in [0.15, 0.2) is 12.2 Å². The lowest BCUT2D eigenvalue weighted by Crippen LogP contribution is -2.64. The van der Waals surface area contributed by atoms with E-state index in [0.29, 0.717) is 30.5 Å². The molecule has 0 aliphatic carbocycles. The number of aliphatic imine (C=N–C) groups is 1. The molecule has 3 aliphatic heterocycles. The fourth-order valence-corrected chi connectivity index (χ4v) is 3.86. The number of amides is 3. The summed E-state index contributed by atoms with van der Waals surface area (Å²) >= 11 is 5.97. The van der Waals surface area contributed by atoms with Crippen molar-refractivity contribution in [3.63, 3.8) is 0 Å². The van der Waals surface area contributed by atoms with Gasteiger partial charge in [0, 0.05) is 44.0 Å². The van der Waals surface area contributed by atoms with Gasteiger partial charge >= 0.3 is 6.03 Å². The number of hydrogen-bond donors (Lipinski definition) is 1. The number of urea groups is 1. The summed E-state index contributed by atoms with van der Waals surface area (Å²) in [7, 11) is 1.66. The Hall–Kier alpha value is -2.32. The van der Waals surface area contributed by atoms with Crippen molar-refractivity contribution in [2.24, 2.45) is 4.99 Å². The molecule has 2 fully saturated rings. The normalized spacial score (nSPS) is 25.0. The molecule has 138 valence electrons. The smallest absolute Gasteiger partial charge is 0.328 e. The van der Waals surface area contributed by atoms with Crippen LogP contribution in [0.3, 0.4) is 0 Å². The Morgan fingerprint density at radius 2 is 1.96 bits per heavy atom. The van der Waals surface area contributed by atoms with Crippen LogP contribution in [0.4, 0.5) is 10.5 Å². The molecule has 2 saturated heterocycles. The molecule has 4 rings (SSSR count). The average molecular weight is 378 g/mol. The summed E-state index contributed by atoms with van der Waals surface area (Å²) in [4.78, 5) is 36.9. The fraction of sp³-hybridized carbons (Fsp3) is 0.471. The van der Waals surface area contributed by atoms with Gasteiger partial charge in [-0.15, -0.1) is 0 Å². The number of rotatable bonds is 4. The highest BCUT2D eigenvalue weighted by Crippen LogP contribution is 2.33. The molecule has 3 heterocycles. The van der Waals surface area contributed by atoms with Gasteiger partial charge in [0.25, 0.3) is 5.91 Å². The molecule has 0 aromatic heterocycles. The molecule has 8 nitrogen and oxygen atoms in total. The van der Waals surface area contributed by atoms with E-state index >= 15 is 0 Å². The number of guanidine groups is 1. The van der Waals surface area contributed by atoms with E-state index in [1.54, 1.807) is 7.05 Å². The number of nitrogens with zero attached hydrogens (tertiary/aromatic N) is 5. The van der Waals surface area contributed by atoms with Crippen molar-refractivity contribution in [1.82, 2.24) is 14.7 Å². The Bertz CT molecular complexity index is 768. The van der Waals surface area contributed by atoms with Gasteiger partial charge in [0.2, 0.25) is 5.96 Å². The maximum atomic E-state index is 12.9. The van der Waals surface area contributed by atoms with Crippen LogP contribution in [0.1, 0.15) is 6.42 Å². The Morgan fingerprint density at radius 3 is 2.65 bits per heavy atom. The maximum absolute atomic E-state index is 12.9. The van der Waals surface area contributed by atoms with E-state index < -0.39 is 12.2 Å². The molecule has 3 aliphatic rings. The monoisotopic (exact) mass is 377 g/mol. The minimum atomic E-state index is -0.523. The van der Waals surface area contributed by atoms with Crippen molar-refractivity contribution in [3.8, 4) is 0 Å². The second-order valence-corrected chi connectivity index (χ2v) is 7.01. The zero-order valence-electron chi connectivity index (χ0n) is 14.4. The zero-order chi connectivity index (χ0) is 18.4. The molecule has 26 heavy (non-hydrogen) atoms. The lowest BCUT2D eigenvalue weighted by molar-refractivity contribution is -0.137. The highest BCUT2D eigenvalue weighted by molar-refractivity contribution is 6.30. The first-order valence-corrected chi connectivity index (χ1v) is 8.97. The SMILES string of the molecule is CN1C(=O)N(CCCO)C(=O)C2C1N=C1N(c3ccc(Cl)cc3)CCN12. The average Bonchev–Trinajstić information content (AvgIpc) is 3.20. The van der Waals surface area contributed by atoms with Gasteiger partial charge < -0.3 is 19.8 Å². The van der Waals surface area contributed by atoms with Crippen LogP contribution in [0, 0.1) is 0 Å². The highest BCUT2D eigenvalue weighted by atomic mass is 35.5. The number of aliphatic hydroxyl groups is 1. The van der Waals surface area contributed by atoms with E-state index in [9.17, 15) is 9.59 Å². The minimum absolute atomic E-state index is 0.0648.